The number of nitriles is 1. The van der Waals surface area contributed by atoms with Gasteiger partial charge in [0, 0.05) is 25.5 Å². The molecule has 0 aromatic carbocycles. The maximum Gasteiger partial charge on any atom is 0.212 e. The third-order valence-corrected chi connectivity index (χ3v) is 2.92. The Morgan fingerprint density at radius 3 is 2.80 bits per heavy atom. The summed E-state index contributed by atoms with van der Waals surface area (Å²) in [6, 6.07) is 2.10. The SMILES string of the molecule is N#Cc1nccn1CCN1CCCCC1. The van der Waals surface area contributed by atoms with E-state index in [4.69, 9.17) is 5.26 Å². The van der Waals surface area contributed by atoms with E-state index in [-0.39, 0.29) is 0 Å². The predicted molar refractivity (Wildman–Crippen MR) is 57.2 cm³/mol. The summed E-state index contributed by atoms with van der Waals surface area (Å²) in [5, 5.41) is 8.80. The van der Waals surface area contributed by atoms with Gasteiger partial charge in [0.2, 0.25) is 5.82 Å². The van der Waals surface area contributed by atoms with E-state index in [1.807, 2.05) is 10.8 Å². The van der Waals surface area contributed by atoms with Crippen molar-refractivity contribution in [2.45, 2.75) is 25.8 Å². The fraction of sp³-hybridized carbons (Fsp3) is 0.636. The molecule has 0 radical (unpaired) electrons. The van der Waals surface area contributed by atoms with Gasteiger partial charge in [0.1, 0.15) is 6.07 Å². The van der Waals surface area contributed by atoms with Crippen molar-refractivity contribution in [1.29, 1.82) is 5.26 Å². The summed E-state index contributed by atoms with van der Waals surface area (Å²) in [6.07, 6.45) is 7.56. The highest BCUT2D eigenvalue weighted by atomic mass is 15.2. The van der Waals surface area contributed by atoms with Gasteiger partial charge in [-0.05, 0) is 25.9 Å². The normalized spacial score (nSPS) is 17.5. The minimum absolute atomic E-state index is 0.520. The Kier molecular flexibility index (Phi) is 3.36. The predicted octanol–water partition coefficient (Wildman–Crippen LogP) is 1.24. The van der Waals surface area contributed by atoms with E-state index in [0.29, 0.717) is 5.82 Å². The molecule has 0 atom stereocenters. The molecule has 1 saturated heterocycles. The van der Waals surface area contributed by atoms with Crippen LogP contribution in [0.3, 0.4) is 0 Å². The molecule has 15 heavy (non-hydrogen) atoms. The third kappa shape index (κ3) is 2.57. The molecule has 0 N–H and O–H groups in total. The number of imidazole rings is 1. The summed E-state index contributed by atoms with van der Waals surface area (Å²) in [6.45, 7) is 4.32. The Bertz CT molecular complexity index is 344. The lowest BCUT2D eigenvalue weighted by atomic mass is 10.1. The van der Waals surface area contributed by atoms with E-state index in [0.717, 1.165) is 13.1 Å². The molecule has 1 aromatic heterocycles. The second-order valence-corrected chi connectivity index (χ2v) is 3.96. The summed E-state index contributed by atoms with van der Waals surface area (Å²) in [4.78, 5) is 6.44. The average molecular weight is 204 g/mol. The van der Waals surface area contributed by atoms with E-state index < -0.39 is 0 Å². The number of nitrogens with zero attached hydrogens (tertiary/aromatic N) is 4. The van der Waals surface area contributed by atoms with Crippen LogP contribution >= 0.6 is 0 Å². The third-order valence-electron chi connectivity index (χ3n) is 2.92. The summed E-state index contributed by atoms with van der Waals surface area (Å²) < 4.78 is 1.93. The topological polar surface area (TPSA) is 44.9 Å². The molecule has 1 fully saturated rings. The largest absolute Gasteiger partial charge is 0.321 e. The van der Waals surface area contributed by atoms with Crippen LogP contribution in [0.15, 0.2) is 12.4 Å². The first kappa shape index (κ1) is 10.2. The molecule has 2 rings (SSSR count). The first-order chi connectivity index (χ1) is 7.40. The summed E-state index contributed by atoms with van der Waals surface area (Å²) in [5.41, 5.74) is 0. The summed E-state index contributed by atoms with van der Waals surface area (Å²) >= 11 is 0. The van der Waals surface area contributed by atoms with Crippen molar-refractivity contribution in [2.24, 2.45) is 0 Å². The van der Waals surface area contributed by atoms with Gasteiger partial charge in [0.15, 0.2) is 0 Å². The lowest BCUT2D eigenvalue weighted by molar-refractivity contribution is 0.220. The monoisotopic (exact) mass is 204 g/mol. The van der Waals surface area contributed by atoms with Crippen LogP contribution in [0, 0.1) is 11.3 Å². The molecule has 4 nitrogen and oxygen atoms in total. The molecule has 1 aromatic rings. The molecule has 0 spiro atoms. The van der Waals surface area contributed by atoms with Crippen molar-refractivity contribution in [3.05, 3.63) is 18.2 Å². The Labute approximate surface area is 90.1 Å². The van der Waals surface area contributed by atoms with Gasteiger partial charge < -0.3 is 9.47 Å². The van der Waals surface area contributed by atoms with Crippen molar-refractivity contribution in [3.8, 4) is 6.07 Å². The van der Waals surface area contributed by atoms with E-state index in [2.05, 4.69) is 16.0 Å². The van der Waals surface area contributed by atoms with Crippen LogP contribution in [0.5, 0.6) is 0 Å². The second-order valence-electron chi connectivity index (χ2n) is 3.96. The van der Waals surface area contributed by atoms with Crippen LogP contribution < -0.4 is 0 Å². The van der Waals surface area contributed by atoms with Crippen LogP contribution in [0.25, 0.3) is 0 Å². The van der Waals surface area contributed by atoms with E-state index in [1.165, 1.54) is 32.4 Å². The molecule has 0 aliphatic carbocycles. The number of likely N-dealkylation sites (tertiary alicyclic amines) is 1. The van der Waals surface area contributed by atoms with Gasteiger partial charge in [-0.15, -0.1) is 0 Å². The number of rotatable bonds is 3. The maximum absolute atomic E-state index is 8.80. The molecule has 0 unspecified atom stereocenters. The minimum Gasteiger partial charge on any atom is -0.321 e. The van der Waals surface area contributed by atoms with Crippen molar-refractivity contribution < 1.29 is 0 Å². The maximum atomic E-state index is 8.80. The minimum atomic E-state index is 0.520. The Hall–Kier alpha value is -1.34. The molecule has 0 amide bonds. The highest BCUT2D eigenvalue weighted by Crippen LogP contribution is 2.08. The van der Waals surface area contributed by atoms with Crippen molar-refractivity contribution in [2.75, 3.05) is 19.6 Å². The van der Waals surface area contributed by atoms with Gasteiger partial charge in [-0.3, -0.25) is 0 Å². The van der Waals surface area contributed by atoms with Crippen LogP contribution in [0.1, 0.15) is 25.1 Å². The van der Waals surface area contributed by atoms with E-state index in [1.54, 1.807) is 6.20 Å². The zero-order valence-electron chi connectivity index (χ0n) is 8.89. The standard InChI is InChI=1S/C11H16N4/c12-10-11-13-4-7-15(11)9-8-14-5-2-1-3-6-14/h4,7H,1-3,5-6,8-9H2. The highest BCUT2D eigenvalue weighted by Gasteiger charge is 2.10. The lowest BCUT2D eigenvalue weighted by Crippen LogP contribution is -2.32. The zero-order chi connectivity index (χ0) is 10.5. The Morgan fingerprint density at radius 2 is 2.07 bits per heavy atom. The molecule has 4 heteroatoms. The molecule has 2 heterocycles. The molecule has 80 valence electrons. The fourth-order valence-corrected chi connectivity index (χ4v) is 2.03. The lowest BCUT2D eigenvalue weighted by Gasteiger charge is -2.26. The van der Waals surface area contributed by atoms with Crippen LogP contribution in [-0.4, -0.2) is 34.1 Å². The highest BCUT2D eigenvalue weighted by molar-refractivity contribution is 5.10. The van der Waals surface area contributed by atoms with Crippen LogP contribution in [-0.2, 0) is 6.54 Å². The van der Waals surface area contributed by atoms with Crippen molar-refractivity contribution in [1.82, 2.24) is 14.5 Å². The second kappa shape index (κ2) is 4.94. The average Bonchev–Trinajstić information content (AvgIpc) is 2.75. The number of hydrogen-bond acceptors (Lipinski definition) is 3. The van der Waals surface area contributed by atoms with E-state index in [9.17, 15) is 0 Å². The van der Waals surface area contributed by atoms with Gasteiger partial charge in [-0.1, -0.05) is 6.42 Å². The van der Waals surface area contributed by atoms with Crippen LogP contribution in [0.4, 0.5) is 0 Å². The molecule has 1 aliphatic rings. The molecule has 0 saturated carbocycles. The van der Waals surface area contributed by atoms with Gasteiger partial charge in [0.05, 0.1) is 0 Å². The Morgan fingerprint density at radius 1 is 1.27 bits per heavy atom. The number of aromatic nitrogens is 2. The van der Waals surface area contributed by atoms with Gasteiger partial charge >= 0.3 is 0 Å². The van der Waals surface area contributed by atoms with Gasteiger partial charge in [-0.2, -0.15) is 5.26 Å². The zero-order valence-corrected chi connectivity index (χ0v) is 8.89. The van der Waals surface area contributed by atoms with Gasteiger partial charge in [0.25, 0.3) is 0 Å². The first-order valence-corrected chi connectivity index (χ1v) is 5.54. The fourth-order valence-electron chi connectivity index (χ4n) is 2.03. The van der Waals surface area contributed by atoms with Crippen LogP contribution in [0.2, 0.25) is 0 Å². The summed E-state index contributed by atoms with van der Waals surface area (Å²) in [5.74, 6) is 0.520. The van der Waals surface area contributed by atoms with E-state index >= 15 is 0 Å². The molecule has 0 bridgehead atoms. The Balaban J connectivity index is 1.85. The number of hydrogen-bond donors (Lipinski definition) is 0. The van der Waals surface area contributed by atoms with Gasteiger partial charge in [-0.25, -0.2) is 4.98 Å². The quantitative estimate of drug-likeness (QED) is 0.744. The molecular formula is C11H16N4. The van der Waals surface area contributed by atoms with Crippen molar-refractivity contribution >= 4 is 0 Å². The van der Waals surface area contributed by atoms with Crippen molar-refractivity contribution in [3.63, 3.8) is 0 Å². The smallest absolute Gasteiger partial charge is 0.212 e. The summed E-state index contributed by atoms with van der Waals surface area (Å²) in [7, 11) is 0. The first-order valence-electron chi connectivity index (χ1n) is 5.54. The molecule has 1 aliphatic heterocycles. The molecular weight excluding hydrogens is 188 g/mol. The number of piperidine rings is 1.